The van der Waals surface area contributed by atoms with Gasteiger partial charge in [0.2, 0.25) is 0 Å². The van der Waals surface area contributed by atoms with Crippen molar-refractivity contribution >= 4 is 13.3 Å². The highest BCUT2D eigenvalue weighted by Crippen LogP contribution is 2.48. The van der Waals surface area contributed by atoms with Crippen LogP contribution in [0, 0.1) is 0 Å². The van der Waals surface area contributed by atoms with Crippen LogP contribution in [0.3, 0.4) is 0 Å². The minimum atomic E-state index is -2.55. The van der Waals surface area contributed by atoms with Crippen LogP contribution in [0.5, 0.6) is 0 Å². The molecule has 0 saturated carbocycles. The van der Waals surface area contributed by atoms with Crippen molar-refractivity contribution in [3.63, 3.8) is 0 Å². The second kappa shape index (κ2) is 3.23. The summed E-state index contributed by atoms with van der Waals surface area (Å²) >= 11 is 0. The number of nitrogens with zero attached hydrogens (tertiary/aromatic N) is 2. The van der Waals surface area contributed by atoms with Gasteiger partial charge in [0.15, 0.2) is 5.84 Å². The summed E-state index contributed by atoms with van der Waals surface area (Å²) in [5.74, 6) is 0.680. The Balaban J connectivity index is 2.36. The van der Waals surface area contributed by atoms with Gasteiger partial charge in [0.25, 0.3) is 7.44 Å². The number of benzene rings is 1. The van der Waals surface area contributed by atoms with E-state index in [1.807, 2.05) is 30.3 Å². The molecule has 0 spiro atoms. The van der Waals surface area contributed by atoms with E-state index in [2.05, 4.69) is 10.2 Å². The van der Waals surface area contributed by atoms with Crippen molar-refractivity contribution in [2.45, 2.75) is 0 Å². The zero-order valence-electron chi connectivity index (χ0n) is 8.14. The van der Waals surface area contributed by atoms with Crippen molar-refractivity contribution in [3.8, 4) is 0 Å². The van der Waals surface area contributed by atoms with Gasteiger partial charge >= 0.3 is 0 Å². The van der Waals surface area contributed by atoms with Gasteiger partial charge in [0.05, 0.1) is 0 Å². The van der Waals surface area contributed by atoms with Crippen molar-refractivity contribution in [1.82, 2.24) is 10.2 Å². The van der Waals surface area contributed by atoms with Crippen LogP contribution < -0.4 is 5.43 Å². The van der Waals surface area contributed by atoms with E-state index in [1.54, 1.807) is 18.5 Å². The van der Waals surface area contributed by atoms with Crippen molar-refractivity contribution in [1.29, 1.82) is 0 Å². The molecule has 1 aliphatic rings. The fourth-order valence-electron chi connectivity index (χ4n) is 1.24. The second-order valence-electron chi connectivity index (χ2n) is 3.29. The lowest BCUT2D eigenvalue weighted by atomic mass is 10.2. The highest BCUT2D eigenvalue weighted by molar-refractivity contribution is 7.59. The Bertz CT molecular complexity index is 415. The van der Waals surface area contributed by atoms with Gasteiger partial charge in [-0.3, -0.25) is 9.99 Å². The lowest BCUT2D eigenvalue weighted by molar-refractivity contribution is 0.456. The highest BCUT2D eigenvalue weighted by atomic mass is 31.2. The van der Waals surface area contributed by atoms with Gasteiger partial charge in [-0.25, -0.2) is 0 Å². The van der Waals surface area contributed by atoms with Gasteiger partial charge in [-0.1, -0.05) is 30.3 Å². The molecule has 1 heterocycles. The summed E-state index contributed by atoms with van der Waals surface area (Å²) in [6.45, 7) is 1.63. The second-order valence-corrected chi connectivity index (χ2v) is 5.76. The molecule has 1 N–H and O–H groups in total. The molecule has 1 aliphatic heterocycles. The monoisotopic (exact) mass is 209 g/mol. The van der Waals surface area contributed by atoms with Gasteiger partial charge in [0.1, 0.15) is 0 Å². The van der Waals surface area contributed by atoms with Crippen molar-refractivity contribution in [3.05, 3.63) is 35.9 Å². The molecule has 0 amide bonds. The number of rotatable bonds is 1. The fourth-order valence-corrected chi connectivity index (χ4v) is 2.19. The van der Waals surface area contributed by atoms with Gasteiger partial charge < -0.3 is 0 Å². The lowest BCUT2D eigenvalue weighted by Gasteiger charge is -2.12. The van der Waals surface area contributed by atoms with Crippen molar-refractivity contribution in [2.24, 2.45) is 4.76 Å². The van der Waals surface area contributed by atoms with E-state index >= 15 is 0 Å². The Kier molecular flexibility index (Phi) is 2.17. The normalized spacial score (nSPS) is 27.1. The maximum absolute atomic E-state index is 11.8. The molecule has 1 unspecified atom stereocenters. The quantitative estimate of drug-likeness (QED) is 0.716. The average Bonchev–Trinajstić information content (AvgIpc) is 2.43. The summed E-state index contributed by atoms with van der Waals surface area (Å²) in [5.41, 5.74) is 3.94. The number of hydrogen-bond acceptors (Lipinski definition) is 2. The standard InChI is InChI=1S/C9H12N3OP/c1-12-10-9(11-14(12,2)13)8-6-4-3-5-7-8/h3-7H,1-2H3,(H,10,11,13). The maximum Gasteiger partial charge on any atom is 0.273 e. The van der Waals surface area contributed by atoms with E-state index in [4.69, 9.17) is 0 Å². The molecular weight excluding hydrogens is 197 g/mol. The molecule has 0 saturated heterocycles. The molecule has 1 atom stereocenters. The third-order valence-electron chi connectivity index (χ3n) is 2.16. The summed E-state index contributed by atoms with van der Waals surface area (Å²) in [7, 11) is -0.809. The van der Waals surface area contributed by atoms with Gasteiger partial charge in [-0.2, -0.15) is 9.54 Å². The zero-order valence-corrected chi connectivity index (χ0v) is 9.03. The molecule has 2 rings (SSSR count). The predicted molar refractivity (Wildman–Crippen MR) is 57.4 cm³/mol. The molecule has 74 valence electrons. The van der Waals surface area contributed by atoms with E-state index in [9.17, 15) is 4.57 Å². The Hall–Kier alpha value is -1.12. The topological polar surface area (TPSA) is 44.7 Å². The summed E-state index contributed by atoms with van der Waals surface area (Å²) in [6.07, 6.45) is 0. The van der Waals surface area contributed by atoms with Crippen LogP contribution >= 0.6 is 7.44 Å². The molecule has 1 aromatic carbocycles. The summed E-state index contributed by atoms with van der Waals surface area (Å²) in [6, 6.07) is 9.67. The van der Waals surface area contributed by atoms with Crippen molar-refractivity contribution in [2.75, 3.05) is 13.7 Å². The number of nitrogens with one attached hydrogen (secondary N) is 1. The van der Waals surface area contributed by atoms with E-state index < -0.39 is 7.44 Å². The van der Waals surface area contributed by atoms with Crippen LogP contribution in [-0.4, -0.2) is 24.3 Å². The first-order chi connectivity index (χ1) is 6.59. The van der Waals surface area contributed by atoms with Crippen LogP contribution in [0.15, 0.2) is 35.1 Å². The Morgan fingerprint density at radius 3 is 2.50 bits per heavy atom. The number of amidine groups is 1. The van der Waals surface area contributed by atoms with Crippen LogP contribution in [0.25, 0.3) is 0 Å². The van der Waals surface area contributed by atoms with Crippen LogP contribution in [-0.2, 0) is 4.57 Å². The third-order valence-corrected chi connectivity index (χ3v) is 3.94. The number of hydrogen-bond donors (Lipinski definition) is 1. The summed E-state index contributed by atoms with van der Waals surface area (Å²) < 4.78 is 17.5. The SMILES string of the molecule is CN1NC(c2ccccc2)=NP1(C)=O. The largest absolute Gasteiger partial charge is 0.295 e. The molecule has 5 heteroatoms. The van der Waals surface area contributed by atoms with E-state index in [0.29, 0.717) is 5.84 Å². The summed E-state index contributed by atoms with van der Waals surface area (Å²) in [5, 5.41) is 0. The molecule has 4 nitrogen and oxygen atoms in total. The first-order valence-electron chi connectivity index (χ1n) is 4.33. The average molecular weight is 209 g/mol. The van der Waals surface area contributed by atoms with E-state index in [1.165, 1.54) is 0 Å². The fraction of sp³-hybridized carbons (Fsp3) is 0.222. The van der Waals surface area contributed by atoms with E-state index in [-0.39, 0.29) is 0 Å². The van der Waals surface area contributed by atoms with Gasteiger partial charge in [0, 0.05) is 19.3 Å². The minimum Gasteiger partial charge on any atom is -0.295 e. The molecular formula is C9H12N3OP. The first-order valence-corrected chi connectivity index (χ1v) is 6.39. The highest BCUT2D eigenvalue weighted by Gasteiger charge is 2.29. The zero-order chi connectivity index (χ0) is 10.2. The van der Waals surface area contributed by atoms with Crippen LogP contribution in [0.2, 0.25) is 0 Å². The Labute approximate surface area is 83.1 Å². The lowest BCUT2D eigenvalue weighted by Crippen LogP contribution is -2.30. The molecule has 0 fully saturated rings. The minimum absolute atomic E-state index is 0.680. The summed E-state index contributed by atoms with van der Waals surface area (Å²) in [4.78, 5) is 0. The molecule has 1 aromatic rings. The molecule has 0 aliphatic carbocycles. The molecule has 0 bridgehead atoms. The predicted octanol–water partition coefficient (Wildman–Crippen LogP) is 1.71. The van der Waals surface area contributed by atoms with E-state index in [0.717, 1.165) is 5.56 Å². The molecule has 0 aromatic heterocycles. The Morgan fingerprint density at radius 2 is 2.00 bits per heavy atom. The third kappa shape index (κ3) is 1.59. The number of hydrazine groups is 1. The van der Waals surface area contributed by atoms with Gasteiger partial charge in [-0.05, 0) is 0 Å². The van der Waals surface area contributed by atoms with Crippen LogP contribution in [0.1, 0.15) is 5.56 Å². The molecule has 14 heavy (non-hydrogen) atoms. The first kappa shape index (κ1) is 9.44. The van der Waals surface area contributed by atoms with Crippen molar-refractivity contribution < 1.29 is 4.57 Å². The maximum atomic E-state index is 11.8. The van der Waals surface area contributed by atoms with Gasteiger partial charge in [-0.15, -0.1) is 0 Å². The Morgan fingerprint density at radius 1 is 1.36 bits per heavy atom. The molecule has 0 radical (unpaired) electrons. The smallest absolute Gasteiger partial charge is 0.273 e. The van der Waals surface area contributed by atoms with Crippen LogP contribution in [0.4, 0.5) is 0 Å².